The van der Waals surface area contributed by atoms with E-state index in [0.717, 1.165) is 38.4 Å². The number of aromatic nitrogens is 2. The second-order valence-corrected chi connectivity index (χ2v) is 3.56. The molecule has 1 heterocycles. The Morgan fingerprint density at radius 1 is 1.38 bits per heavy atom. The fourth-order valence-electron chi connectivity index (χ4n) is 1.37. The Bertz CT molecular complexity index is 276. The lowest BCUT2D eigenvalue weighted by atomic mass is 10.4. The van der Waals surface area contributed by atoms with E-state index in [1.54, 1.807) is 7.11 Å². The molecule has 5 nitrogen and oxygen atoms in total. The summed E-state index contributed by atoms with van der Waals surface area (Å²) in [7, 11) is 3.62. The summed E-state index contributed by atoms with van der Waals surface area (Å²) in [5, 5.41) is 7.45. The molecular formula is C11H21N3O2. The zero-order valence-corrected chi connectivity index (χ0v) is 10.1. The minimum absolute atomic E-state index is 0.699. The van der Waals surface area contributed by atoms with Crippen molar-refractivity contribution < 1.29 is 9.47 Å². The molecule has 0 saturated heterocycles. The summed E-state index contributed by atoms with van der Waals surface area (Å²) < 4.78 is 12.3. The summed E-state index contributed by atoms with van der Waals surface area (Å²) in [5.41, 5.74) is 1.06. The summed E-state index contributed by atoms with van der Waals surface area (Å²) in [6.07, 6.45) is 2.92. The third-order valence-electron chi connectivity index (χ3n) is 2.16. The molecular weight excluding hydrogens is 206 g/mol. The topological polar surface area (TPSA) is 48.3 Å². The molecule has 1 N–H and O–H groups in total. The van der Waals surface area contributed by atoms with Crippen molar-refractivity contribution in [2.75, 3.05) is 34.0 Å². The van der Waals surface area contributed by atoms with Crippen molar-refractivity contribution in [1.82, 2.24) is 15.1 Å². The molecule has 0 spiro atoms. The largest absolute Gasteiger partial charge is 0.385 e. The first kappa shape index (κ1) is 13.2. The van der Waals surface area contributed by atoms with Gasteiger partial charge in [0.15, 0.2) is 0 Å². The molecule has 0 saturated carbocycles. The first-order chi connectivity index (χ1) is 7.86. The van der Waals surface area contributed by atoms with Crippen LogP contribution < -0.4 is 5.32 Å². The van der Waals surface area contributed by atoms with Gasteiger partial charge < -0.3 is 14.8 Å². The van der Waals surface area contributed by atoms with Crippen LogP contribution in [0.4, 0.5) is 0 Å². The fraction of sp³-hybridized carbons (Fsp3) is 0.727. The van der Waals surface area contributed by atoms with Crippen LogP contribution in [0.25, 0.3) is 0 Å². The maximum absolute atomic E-state index is 5.45. The number of rotatable bonds is 9. The van der Waals surface area contributed by atoms with Crippen molar-refractivity contribution in [1.29, 1.82) is 0 Å². The summed E-state index contributed by atoms with van der Waals surface area (Å²) in [6, 6.07) is 2.02. The normalized spacial score (nSPS) is 10.9. The molecule has 1 aromatic heterocycles. The molecule has 0 bridgehead atoms. The monoisotopic (exact) mass is 227 g/mol. The third-order valence-corrected chi connectivity index (χ3v) is 2.16. The van der Waals surface area contributed by atoms with E-state index in [4.69, 9.17) is 9.47 Å². The van der Waals surface area contributed by atoms with Crippen LogP contribution in [-0.2, 0) is 22.6 Å². The van der Waals surface area contributed by atoms with Gasteiger partial charge in [-0.1, -0.05) is 0 Å². The highest BCUT2D eigenvalue weighted by atomic mass is 16.5. The Hall–Kier alpha value is -0.910. The molecule has 0 aliphatic heterocycles. The quantitative estimate of drug-likeness (QED) is 0.629. The van der Waals surface area contributed by atoms with Gasteiger partial charge in [-0.15, -0.1) is 0 Å². The van der Waals surface area contributed by atoms with Crippen molar-refractivity contribution in [2.24, 2.45) is 0 Å². The average Bonchev–Trinajstić information content (AvgIpc) is 2.72. The lowest BCUT2D eigenvalue weighted by Gasteiger charge is -2.04. The van der Waals surface area contributed by atoms with Crippen LogP contribution >= 0.6 is 0 Å². The Balaban J connectivity index is 2.07. The van der Waals surface area contributed by atoms with E-state index in [1.165, 1.54) is 0 Å². The number of hydrogen-bond donors (Lipinski definition) is 1. The van der Waals surface area contributed by atoms with E-state index in [9.17, 15) is 0 Å². The zero-order chi connectivity index (χ0) is 11.6. The molecule has 16 heavy (non-hydrogen) atoms. The van der Waals surface area contributed by atoms with E-state index in [0.29, 0.717) is 6.61 Å². The molecule has 0 fully saturated rings. The van der Waals surface area contributed by atoms with E-state index >= 15 is 0 Å². The number of nitrogens with one attached hydrogen (secondary N) is 1. The minimum atomic E-state index is 0.699. The van der Waals surface area contributed by atoms with Crippen molar-refractivity contribution in [2.45, 2.75) is 19.5 Å². The van der Waals surface area contributed by atoms with Gasteiger partial charge >= 0.3 is 0 Å². The van der Waals surface area contributed by atoms with Gasteiger partial charge in [0.2, 0.25) is 0 Å². The second-order valence-electron chi connectivity index (χ2n) is 3.56. The van der Waals surface area contributed by atoms with E-state index < -0.39 is 0 Å². The smallest absolute Gasteiger partial charge is 0.0762 e. The van der Waals surface area contributed by atoms with Crippen LogP contribution in [0.15, 0.2) is 12.3 Å². The van der Waals surface area contributed by atoms with Crippen molar-refractivity contribution in [3.05, 3.63) is 18.0 Å². The van der Waals surface area contributed by atoms with E-state index in [1.807, 2.05) is 24.0 Å². The Morgan fingerprint density at radius 3 is 3.00 bits per heavy atom. The summed E-state index contributed by atoms with van der Waals surface area (Å²) in [6.45, 7) is 3.81. The van der Waals surface area contributed by atoms with Gasteiger partial charge in [-0.2, -0.15) is 5.10 Å². The lowest BCUT2D eigenvalue weighted by Crippen LogP contribution is -2.10. The molecule has 1 aromatic rings. The highest BCUT2D eigenvalue weighted by Crippen LogP contribution is 1.95. The third kappa shape index (κ3) is 5.25. The van der Waals surface area contributed by atoms with Crippen LogP contribution in [0.5, 0.6) is 0 Å². The molecule has 0 aliphatic carbocycles. The highest BCUT2D eigenvalue weighted by molar-refractivity contribution is 4.97. The number of ether oxygens (including phenoxy) is 2. The summed E-state index contributed by atoms with van der Waals surface area (Å²) in [5.74, 6) is 0. The van der Waals surface area contributed by atoms with Gasteiger partial charge in [0.05, 0.1) is 18.8 Å². The second kappa shape index (κ2) is 8.27. The van der Waals surface area contributed by atoms with Gasteiger partial charge in [-0.25, -0.2) is 0 Å². The van der Waals surface area contributed by atoms with Crippen LogP contribution in [0.3, 0.4) is 0 Å². The number of methoxy groups -OCH3 is 1. The molecule has 0 aliphatic rings. The van der Waals surface area contributed by atoms with Gasteiger partial charge in [-0.3, -0.25) is 4.68 Å². The standard InChI is InChI=1S/C11H21N3O2/c1-12-10-11-4-5-14(13-11)6-9-16-8-3-7-15-2/h4-5,12H,3,6-10H2,1-2H3. The minimum Gasteiger partial charge on any atom is -0.385 e. The molecule has 1 rings (SSSR count). The molecule has 0 radical (unpaired) electrons. The Kier molecular flexibility index (Phi) is 6.80. The predicted octanol–water partition coefficient (Wildman–Crippen LogP) is 0.656. The zero-order valence-electron chi connectivity index (χ0n) is 10.1. The maximum atomic E-state index is 5.45. The van der Waals surface area contributed by atoms with Crippen LogP contribution in [0.2, 0.25) is 0 Å². The Morgan fingerprint density at radius 2 is 2.25 bits per heavy atom. The number of hydrogen-bond acceptors (Lipinski definition) is 4. The lowest BCUT2D eigenvalue weighted by molar-refractivity contribution is 0.0960. The van der Waals surface area contributed by atoms with Crippen LogP contribution in [0.1, 0.15) is 12.1 Å². The van der Waals surface area contributed by atoms with Crippen molar-refractivity contribution >= 4 is 0 Å². The Labute approximate surface area is 96.7 Å². The molecule has 0 aromatic carbocycles. The fourth-order valence-corrected chi connectivity index (χ4v) is 1.37. The molecule has 0 amide bonds. The number of nitrogens with zero attached hydrogens (tertiary/aromatic N) is 2. The van der Waals surface area contributed by atoms with E-state index in [2.05, 4.69) is 10.4 Å². The summed E-state index contributed by atoms with van der Waals surface area (Å²) in [4.78, 5) is 0. The SMILES string of the molecule is CNCc1ccn(CCOCCCOC)n1. The van der Waals surface area contributed by atoms with Gasteiger partial charge in [0.1, 0.15) is 0 Å². The van der Waals surface area contributed by atoms with Crippen LogP contribution in [0, 0.1) is 0 Å². The average molecular weight is 227 g/mol. The van der Waals surface area contributed by atoms with Gasteiger partial charge in [0.25, 0.3) is 0 Å². The summed E-state index contributed by atoms with van der Waals surface area (Å²) >= 11 is 0. The van der Waals surface area contributed by atoms with Gasteiger partial charge in [0, 0.05) is 33.1 Å². The highest BCUT2D eigenvalue weighted by Gasteiger charge is 1.97. The van der Waals surface area contributed by atoms with Crippen LogP contribution in [-0.4, -0.2) is 43.8 Å². The van der Waals surface area contributed by atoms with Gasteiger partial charge in [-0.05, 0) is 19.5 Å². The molecule has 0 unspecified atom stereocenters. The molecule has 92 valence electrons. The van der Waals surface area contributed by atoms with Crippen molar-refractivity contribution in [3.63, 3.8) is 0 Å². The van der Waals surface area contributed by atoms with E-state index in [-0.39, 0.29) is 0 Å². The first-order valence-electron chi connectivity index (χ1n) is 5.60. The maximum Gasteiger partial charge on any atom is 0.0762 e. The molecule has 5 heteroatoms. The predicted molar refractivity (Wildman–Crippen MR) is 62.3 cm³/mol. The van der Waals surface area contributed by atoms with Crippen molar-refractivity contribution in [3.8, 4) is 0 Å². The molecule has 0 atom stereocenters. The first-order valence-corrected chi connectivity index (χ1v) is 5.60.